The Labute approximate surface area is 147 Å². The molecule has 0 spiro atoms. The normalized spacial score (nSPS) is 16.2. The highest BCUT2D eigenvalue weighted by Crippen LogP contribution is 2.27. The van der Waals surface area contributed by atoms with Crippen LogP contribution in [0.25, 0.3) is 0 Å². The summed E-state index contributed by atoms with van der Waals surface area (Å²) < 4.78 is 5.14. The van der Waals surface area contributed by atoms with Gasteiger partial charge in [0.1, 0.15) is 0 Å². The van der Waals surface area contributed by atoms with Crippen molar-refractivity contribution in [1.29, 1.82) is 0 Å². The molecule has 1 aliphatic heterocycles. The van der Waals surface area contributed by atoms with Gasteiger partial charge in [-0.1, -0.05) is 18.2 Å². The van der Waals surface area contributed by atoms with E-state index >= 15 is 0 Å². The number of carbonyl (C=O) groups is 1. The zero-order chi connectivity index (χ0) is 16.8. The Kier molecular flexibility index (Phi) is 6.01. The van der Waals surface area contributed by atoms with E-state index in [-0.39, 0.29) is 11.9 Å². The Morgan fingerprint density at radius 2 is 2.12 bits per heavy atom. The van der Waals surface area contributed by atoms with Crippen LogP contribution in [0.4, 0.5) is 0 Å². The number of hydrogen-bond acceptors (Lipinski definition) is 4. The number of methoxy groups -OCH3 is 1. The van der Waals surface area contributed by atoms with Crippen molar-refractivity contribution in [3.8, 4) is 0 Å². The number of nitrogens with zero attached hydrogens (tertiary/aromatic N) is 1. The molecule has 2 aromatic rings. The fourth-order valence-electron chi connectivity index (χ4n) is 3.20. The van der Waals surface area contributed by atoms with Crippen molar-refractivity contribution in [3.05, 3.63) is 57.8 Å². The molecule has 3 rings (SSSR count). The van der Waals surface area contributed by atoms with Crippen LogP contribution < -0.4 is 5.32 Å². The largest absolute Gasteiger partial charge is 0.380 e. The topological polar surface area (TPSA) is 41.6 Å². The van der Waals surface area contributed by atoms with E-state index in [2.05, 4.69) is 27.7 Å². The minimum absolute atomic E-state index is 0.0197. The summed E-state index contributed by atoms with van der Waals surface area (Å²) >= 11 is 1.76. The average molecular weight is 344 g/mol. The highest BCUT2D eigenvalue weighted by Gasteiger charge is 2.24. The Balaban J connectivity index is 1.65. The van der Waals surface area contributed by atoms with Crippen LogP contribution in [0.15, 0.2) is 41.8 Å². The molecule has 0 saturated carbocycles. The zero-order valence-corrected chi connectivity index (χ0v) is 14.8. The van der Waals surface area contributed by atoms with E-state index in [9.17, 15) is 4.79 Å². The highest BCUT2D eigenvalue weighted by molar-refractivity contribution is 7.10. The van der Waals surface area contributed by atoms with Gasteiger partial charge in [-0.25, -0.2) is 0 Å². The van der Waals surface area contributed by atoms with Gasteiger partial charge < -0.3 is 10.1 Å². The number of nitrogens with one attached hydrogen (secondary N) is 1. The Bertz CT molecular complexity index is 651. The molecule has 1 unspecified atom stereocenters. The molecule has 2 heterocycles. The van der Waals surface area contributed by atoms with Crippen LogP contribution in [0.1, 0.15) is 39.7 Å². The van der Waals surface area contributed by atoms with E-state index < -0.39 is 0 Å². The maximum absolute atomic E-state index is 12.5. The summed E-state index contributed by atoms with van der Waals surface area (Å²) in [7, 11) is 1.66. The fourth-order valence-corrected chi connectivity index (χ4v) is 4.07. The van der Waals surface area contributed by atoms with E-state index in [1.54, 1.807) is 18.4 Å². The number of rotatable bonds is 7. The number of ether oxygens (including phenoxy) is 1. The van der Waals surface area contributed by atoms with Crippen LogP contribution in [0.3, 0.4) is 0 Å². The molecule has 1 atom stereocenters. The minimum Gasteiger partial charge on any atom is -0.380 e. The van der Waals surface area contributed by atoms with Crippen LogP contribution in [0.5, 0.6) is 0 Å². The Morgan fingerprint density at radius 3 is 2.83 bits per heavy atom. The van der Waals surface area contributed by atoms with Gasteiger partial charge in [-0.3, -0.25) is 9.69 Å². The van der Waals surface area contributed by atoms with Gasteiger partial charge in [0.05, 0.1) is 12.6 Å². The number of benzene rings is 1. The molecule has 1 aromatic heterocycles. The lowest BCUT2D eigenvalue weighted by Crippen LogP contribution is -2.36. The van der Waals surface area contributed by atoms with Crippen molar-refractivity contribution in [2.45, 2.75) is 25.5 Å². The van der Waals surface area contributed by atoms with E-state index in [1.807, 2.05) is 24.3 Å². The van der Waals surface area contributed by atoms with Crippen LogP contribution >= 0.6 is 11.3 Å². The lowest BCUT2D eigenvalue weighted by molar-refractivity contribution is 0.0938. The van der Waals surface area contributed by atoms with Crippen molar-refractivity contribution >= 4 is 17.2 Å². The summed E-state index contributed by atoms with van der Waals surface area (Å²) in [5.41, 5.74) is 1.70. The number of likely N-dealkylation sites (tertiary alicyclic amines) is 1. The van der Waals surface area contributed by atoms with E-state index in [4.69, 9.17) is 4.74 Å². The molecule has 1 fully saturated rings. The summed E-state index contributed by atoms with van der Waals surface area (Å²) in [6.07, 6.45) is 2.49. The summed E-state index contributed by atoms with van der Waals surface area (Å²) in [6.45, 7) is 3.39. The Hall–Kier alpha value is -1.69. The zero-order valence-electron chi connectivity index (χ0n) is 14.0. The third kappa shape index (κ3) is 4.23. The van der Waals surface area contributed by atoms with Gasteiger partial charge >= 0.3 is 0 Å². The molecule has 1 N–H and O–H groups in total. The first-order valence-electron chi connectivity index (χ1n) is 8.41. The van der Waals surface area contributed by atoms with Crippen molar-refractivity contribution in [1.82, 2.24) is 10.2 Å². The van der Waals surface area contributed by atoms with Gasteiger partial charge in [-0.15, -0.1) is 11.3 Å². The lowest BCUT2D eigenvalue weighted by Gasteiger charge is -2.27. The highest BCUT2D eigenvalue weighted by atomic mass is 32.1. The summed E-state index contributed by atoms with van der Waals surface area (Å²) in [5.74, 6) is -0.0197. The van der Waals surface area contributed by atoms with Gasteiger partial charge in [0.15, 0.2) is 0 Å². The standard InChI is InChI=1S/C19H24N2O2S/c1-23-14-15-6-4-7-16(12-15)19(22)20-13-17(18-8-5-11-24-18)21-9-2-3-10-21/h4-8,11-12,17H,2-3,9-10,13-14H2,1H3,(H,20,22). The molecule has 1 amide bonds. The summed E-state index contributed by atoms with van der Waals surface area (Å²) in [4.78, 5) is 16.3. The molecule has 0 bridgehead atoms. The number of amides is 1. The number of thiophene rings is 1. The van der Waals surface area contributed by atoms with Crippen LogP contribution in [0, 0.1) is 0 Å². The molecule has 1 aromatic carbocycles. The molecule has 4 nitrogen and oxygen atoms in total. The molecule has 1 saturated heterocycles. The molecular weight excluding hydrogens is 320 g/mol. The average Bonchev–Trinajstić information content (AvgIpc) is 3.30. The predicted molar refractivity (Wildman–Crippen MR) is 97.4 cm³/mol. The molecular formula is C19H24N2O2S. The third-order valence-electron chi connectivity index (χ3n) is 4.41. The summed E-state index contributed by atoms with van der Waals surface area (Å²) in [6, 6.07) is 12.1. The third-order valence-corrected chi connectivity index (χ3v) is 5.38. The maximum Gasteiger partial charge on any atom is 0.251 e. The van der Waals surface area contributed by atoms with Crippen LogP contribution in [-0.2, 0) is 11.3 Å². The van der Waals surface area contributed by atoms with Gasteiger partial charge in [0.25, 0.3) is 5.91 Å². The van der Waals surface area contributed by atoms with E-state index in [0.29, 0.717) is 18.7 Å². The van der Waals surface area contributed by atoms with Crippen molar-refractivity contribution in [2.75, 3.05) is 26.7 Å². The lowest BCUT2D eigenvalue weighted by atomic mass is 10.1. The molecule has 24 heavy (non-hydrogen) atoms. The van der Waals surface area contributed by atoms with Crippen molar-refractivity contribution < 1.29 is 9.53 Å². The maximum atomic E-state index is 12.5. The molecule has 1 aliphatic rings. The second-order valence-electron chi connectivity index (χ2n) is 6.12. The quantitative estimate of drug-likeness (QED) is 0.836. The first kappa shape index (κ1) is 17.1. The SMILES string of the molecule is COCc1cccc(C(=O)NCC(c2cccs2)N2CCCC2)c1. The fraction of sp³-hybridized carbons (Fsp3) is 0.421. The van der Waals surface area contributed by atoms with Crippen LogP contribution in [0.2, 0.25) is 0 Å². The second kappa shape index (κ2) is 8.42. The van der Waals surface area contributed by atoms with Gasteiger partial charge in [0, 0.05) is 24.1 Å². The summed E-state index contributed by atoms with van der Waals surface area (Å²) in [5, 5.41) is 5.22. The van der Waals surface area contributed by atoms with E-state index in [0.717, 1.165) is 18.7 Å². The van der Waals surface area contributed by atoms with Gasteiger partial charge in [-0.2, -0.15) is 0 Å². The molecule has 0 aliphatic carbocycles. The van der Waals surface area contributed by atoms with E-state index in [1.165, 1.54) is 17.7 Å². The minimum atomic E-state index is -0.0197. The van der Waals surface area contributed by atoms with Gasteiger partial charge in [-0.05, 0) is 55.1 Å². The number of carbonyl (C=O) groups excluding carboxylic acids is 1. The molecule has 128 valence electrons. The monoisotopic (exact) mass is 344 g/mol. The van der Waals surface area contributed by atoms with Crippen LogP contribution in [-0.4, -0.2) is 37.6 Å². The van der Waals surface area contributed by atoms with Crippen molar-refractivity contribution in [2.24, 2.45) is 0 Å². The van der Waals surface area contributed by atoms with Gasteiger partial charge in [0.2, 0.25) is 0 Å². The smallest absolute Gasteiger partial charge is 0.251 e. The predicted octanol–water partition coefficient (Wildman–Crippen LogP) is 3.46. The molecule has 0 radical (unpaired) electrons. The first-order chi connectivity index (χ1) is 11.8. The van der Waals surface area contributed by atoms with Crippen molar-refractivity contribution in [3.63, 3.8) is 0 Å². The first-order valence-corrected chi connectivity index (χ1v) is 9.29. The molecule has 5 heteroatoms. The number of hydrogen-bond donors (Lipinski definition) is 1. The Morgan fingerprint density at radius 1 is 1.29 bits per heavy atom. The second-order valence-corrected chi connectivity index (χ2v) is 7.10.